The number of benzene rings is 2. The molecule has 5 heteroatoms. The van der Waals surface area contributed by atoms with E-state index in [4.69, 9.17) is 9.47 Å². The van der Waals surface area contributed by atoms with Crippen molar-refractivity contribution in [2.45, 2.75) is 13.0 Å². The summed E-state index contributed by atoms with van der Waals surface area (Å²) < 4.78 is 10.9. The molecule has 2 aromatic rings. The smallest absolute Gasteiger partial charge is 0.244 e. The van der Waals surface area contributed by atoms with E-state index >= 15 is 0 Å². The van der Waals surface area contributed by atoms with Crippen molar-refractivity contribution in [1.82, 2.24) is 10.2 Å². The van der Waals surface area contributed by atoms with Gasteiger partial charge in [-0.2, -0.15) is 0 Å². The predicted molar refractivity (Wildman–Crippen MR) is 120 cm³/mol. The second kappa shape index (κ2) is 11.3. The molecule has 0 radical (unpaired) electrons. The lowest BCUT2D eigenvalue weighted by molar-refractivity contribution is -0.117. The number of nitrogens with one attached hydrogen (secondary N) is 1. The number of hydrogen-bond acceptors (Lipinski definition) is 4. The Balaban J connectivity index is 1.63. The van der Waals surface area contributed by atoms with E-state index in [2.05, 4.69) is 48.0 Å². The van der Waals surface area contributed by atoms with E-state index in [1.54, 1.807) is 12.2 Å². The molecular formula is C25H30N2O3. The van der Waals surface area contributed by atoms with Gasteiger partial charge in [0, 0.05) is 25.7 Å². The molecule has 0 unspecified atom stereocenters. The summed E-state index contributed by atoms with van der Waals surface area (Å²) in [4.78, 5) is 15.0. The summed E-state index contributed by atoms with van der Waals surface area (Å²) in [6, 6.07) is 15.9. The summed E-state index contributed by atoms with van der Waals surface area (Å²) in [6.07, 6.45) is 5.10. The van der Waals surface area contributed by atoms with Crippen LogP contribution in [0.5, 0.6) is 5.75 Å². The predicted octanol–water partition coefficient (Wildman–Crippen LogP) is 3.76. The van der Waals surface area contributed by atoms with Crippen LogP contribution in [0.2, 0.25) is 0 Å². The maximum atomic E-state index is 12.6. The molecule has 1 aliphatic rings. The average molecular weight is 407 g/mol. The first-order chi connectivity index (χ1) is 14.6. The Labute approximate surface area is 179 Å². The minimum atomic E-state index is -0.110. The first-order valence-electron chi connectivity index (χ1n) is 10.3. The van der Waals surface area contributed by atoms with Gasteiger partial charge in [0.25, 0.3) is 0 Å². The highest BCUT2D eigenvalue weighted by atomic mass is 16.5. The third-order valence-corrected chi connectivity index (χ3v) is 5.02. The van der Waals surface area contributed by atoms with Crippen LogP contribution < -0.4 is 10.1 Å². The Hall–Kier alpha value is -2.89. The third-order valence-electron chi connectivity index (χ3n) is 5.02. The van der Waals surface area contributed by atoms with Crippen LogP contribution in [-0.4, -0.2) is 50.3 Å². The van der Waals surface area contributed by atoms with E-state index < -0.39 is 0 Å². The number of rotatable bonds is 9. The van der Waals surface area contributed by atoms with Crippen molar-refractivity contribution < 1.29 is 14.3 Å². The fourth-order valence-electron chi connectivity index (χ4n) is 3.30. The molecule has 0 saturated carbocycles. The first-order valence-corrected chi connectivity index (χ1v) is 10.3. The highest BCUT2D eigenvalue weighted by molar-refractivity contribution is 5.92. The average Bonchev–Trinajstić information content (AvgIpc) is 2.78. The SMILES string of the molecule is C=CCOc1ccc(/C=C/C(=O)N[C@H](CN2CCOCC2)c2ccc(C)cc2)cc1. The van der Waals surface area contributed by atoms with Crippen LogP contribution in [0.15, 0.2) is 67.3 Å². The van der Waals surface area contributed by atoms with E-state index in [0.29, 0.717) is 6.61 Å². The summed E-state index contributed by atoms with van der Waals surface area (Å²) in [7, 11) is 0. The summed E-state index contributed by atoms with van der Waals surface area (Å²) in [5.41, 5.74) is 3.25. The molecule has 1 atom stereocenters. The van der Waals surface area contributed by atoms with Crippen molar-refractivity contribution >= 4 is 12.0 Å². The van der Waals surface area contributed by atoms with Crippen LogP contribution in [0.25, 0.3) is 6.08 Å². The molecule has 0 spiro atoms. The van der Waals surface area contributed by atoms with Gasteiger partial charge in [-0.1, -0.05) is 54.6 Å². The van der Waals surface area contributed by atoms with Gasteiger partial charge in [0.2, 0.25) is 5.91 Å². The van der Waals surface area contributed by atoms with E-state index in [-0.39, 0.29) is 11.9 Å². The zero-order valence-electron chi connectivity index (χ0n) is 17.5. The molecular weight excluding hydrogens is 376 g/mol. The number of hydrogen-bond donors (Lipinski definition) is 1. The lowest BCUT2D eigenvalue weighted by Crippen LogP contribution is -2.42. The van der Waals surface area contributed by atoms with Gasteiger partial charge in [-0.15, -0.1) is 0 Å². The summed E-state index contributed by atoms with van der Waals surface area (Å²) in [5, 5.41) is 3.17. The van der Waals surface area contributed by atoms with Gasteiger partial charge < -0.3 is 14.8 Å². The van der Waals surface area contributed by atoms with E-state index in [9.17, 15) is 4.79 Å². The molecule has 3 rings (SSSR count). The number of carbonyl (C=O) groups is 1. The first kappa shape index (κ1) is 21.8. The molecule has 1 N–H and O–H groups in total. The second-order valence-corrected chi connectivity index (χ2v) is 7.39. The van der Waals surface area contributed by atoms with Gasteiger partial charge in [0.05, 0.1) is 19.3 Å². The molecule has 5 nitrogen and oxygen atoms in total. The molecule has 158 valence electrons. The fourth-order valence-corrected chi connectivity index (χ4v) is 3.30. The minimum Gasteiger partial charge on any atom is -0.490 e. The highest BCUT2D eigenvalue weighted by Gasteiger charge is 2.19. The van der Waals surface area contributed by atoms with Crippen molar-refractivity contribution in [3.63, 3.8) is 0 Å². The zero-order valence-corrected chi connectivity index (χ0v) is 17.5. The molecule has 0 aromatic heterocycles. The van der Waals surface area contributed by atoms with Gasteiger partial charge in [0.1, 0.15) is 12.4 Å². The van der Waals surface area contributed by atoms with Crippen molar-refractivity contribution in [2.24, 2.45) is 0 Å². The maximum absolute atomic E-state index is 12.6. The molecule has 1 saturated heterocycles. The van der Waals surface area contributed by atoms with Gasteiger partial charge >= 0.3 is 0 Å². The van der Waals surface area contributed by atoms with Gasteiger partial charge in [-0.3, -0.25) is 9.69 Å². The van der Waals surface area contributed by atoms with Crippen LogP contribution >= 0.6 is 0 Å². The topological polar surface area (TPSA) is 50.8 Å². The number of amides is 1. The zero-order chi connectivity index (χ0) is 21.2. The standard InChI is InChI=1S/C25H30N2O3/c1-3-16-30-23-11-6-21(7-12-23)8-13-25(28)26-24(19-27-14-17-29-18-15-27)22-9-4-20(2)5-10-22/h3-13,24H,1,14-19H2,2H3,(H,26,28)/b13-8+/t24-/m1/s1. The van der Waals surface area contributed by atoms with Crippen LogP contribution in [0.1, 0.15) is 22.7 Å². The molecule has 2 aromatic carbocycles. The molecule has 0 aliphatic carbocycles. The molecule has 30 heavy (non-hydrogen) atoms. The Morgan fingerprint density at radius 2 is 1.87 bits per heavy atom. The monoisotopic (exact) mass is 406 g/mol. The molecule has 0 bridgehead atoms. The Bertz CT molecular complexity index is 838. The highest BCUT2D eigenvalue weighted by Crippen LogP contribution is 2.17. The van der Waals surface area contributed by atoms with Crippen LogP contribution in [-0.2, 0) is 9.53 Å². The van der Waals surface area contributed by atoms with E-state index in [0.717, 1.165) is 49.7 Å². The van der Waals surface area contributed by atoms with Gasteiger partial charge in [-0.25, -0.2) is 0 Å². The molecule has 1 heterocycles. The Morgan fingerprint density at radius 3 is 2.53 bits per heavy atom. The Morgan fingerprint density at radius 1 is 1.17 bits per heavy atom. The number of ether oxygens (including phenoxy) is 2. The lowest BCUT2D eigenvalue weighted by atomic mass is 10.0. The molecule has 1 amide bonds. The Kier molecular flexibility index (Phi) is 8.24. The van der Waals surface area contributed by atoms with E-state index in [1.807, 2.05) is 30.3 Å². The summed E-state index contributed by atoms with van der Waals surface area (Å²) in [6.45, 7) is 10.2. The van der Waals surface area contributed by atoms with Crippen LogP contribution in [0.4, 0.5) is 0 Å². The summed E-state index contributed by atoms with van der Waals surface area (Å²) >= 11 is 0. The summed E-state index contributed by atoms with van der Waals surface area (Å²) in [5.74, 6) is 0.669. The maximum Gasteiger partial charge on any atom is 0.244 e. The molecule has 1 aliphatic heterocycles. The van der Waals surface area contributed by atoms with E-state index in [1.165, 1.54) is 5.56 Å². The van der Waals surface area contributed by atoms with Gasteiger partial charge in [0.15, 0.2) is 0 Å². The normalized spacial score (nSPS) is 15.6. The lowest BCUT2D eigenvalue weighted by Gasteiger charge is -2.31. The van der Waals surface area contributed by atoms with Crippen molar-refractivity contribution in [2.75, 3.05) is 39.5 Å². The number of morpholine rings is 1. The van der Waals surface area contributed by atoms with Crippen LogP contribution in [0.3, 0.4) is 0 Å². The third kappa shape index (κ3) is 6.87. The van der Waals surface area contributed by atoms with Crippen molar-refractivity contribution in [1.29, 1.82) is 0 Å². The fraction of sp³-hybridized carbons (Fsp3) is 0.320. The largest absolute Gasteiger partial charge is 0.490 e. The second-order valence-electron chi connectivity index (χ2n) is 7.39. The number of nitrogens with zero attached hydrogens (tertiary/aromatic N) is 1. The quantitative estimate of drug-likeness (QED) is 0.509. The number of carbonyl (C=O) groups excluding carboxylic acids is 1. The molecule has 1 fully saturated rings. The minimum absolute atomic E-state index is 0.0736. The van der Waals surface area contributed by atoms with Gasteiger partial charge in [-0.05, 0) is 36.3 Å². The van der Waals surface area contributed by atoms with Crippen molar-refractivity contribution in [3.05, 3.63) is 84.0 Å². The van der Waals surface area contributed by atoms with Crippen molar-refractivity contribution in [3.8, 4) is 5.75 Å². The number of aryl methyl sites for hydroxylation is 1. The van der Waals surface area contributed by atoms with Crippen LogP contribution in [0, 0.1) is 6.92 Å².